The fraction of sp³-hybridized carbons (Fsp3) is 0.273. The molecule has 0 aliphatic carbocycles. The van der Waals surface area contributed by atoms with Gasteiger partial charge in [-0.05, 0) is 15.9 Å². The summed E-state index contributed by atoms with van der Waals surface area (Å²) in [7, 11) is 4.71. The SMILES string of the molecule is COC(=O)c1cn(C)c2c(Br)cn(C)c(=O)c12. The van der Waals surface area contributed by atoms with Crippen LogP contribution in [0.25, 0.3) is 10.9 Å². The summed E-state index contributed by atoms with van der Waals surface area (Å²) in [5, 5.41) is 0.372. The lowest BCUT2D eigenvalue weighted by molar-refractivity contribution is 0.0602. The normalized spacial score (nSPS) is 10.8. The molecule has 17 heavy (non-hydrogen) atoms. The van der Waals surface area contributed by atoms with Crippen molar-refractivity contribution >= 4 is 32.8 Å². The predicted octanol–water partition coefficient (Wildman–Crippen LogP) is 1.43. The largest absolute Gasteiger partial charge is 0.465 e. The Morgan fingerprint density at radius 2 is 1.94 bits per heavy atom. The number of ether oxygens (including phenoxy) is 1. The number of carbonyl (C=O) groups excluding carboxylic acids is 1. The number of esters is 1. The van der Waals surface area contributed by atoms with Gasteiger partial charge in [-0.25, -0.2) is 4.79 Å². The van der Waals surface area contributed by atoms with E-state index in [1.807, 2.05) is 0 Å². The molecule has 0 atom stereocenters. The highest BCUT2D eigenvalue weighted by Crippen LogP contribution is 2.25. The summed E-state index contributed by atoms with van der Waals surface area (Å²) >= 11 is 3.38. The second kappa shape index (κ2) is 4.03. The number of halogens is 1. The predicted molar refractivity (Wildman–Crippen MR) is 67.2 cm³/mol. The van der Waals surface area contributed by atoms with Gasteiger partial charge in [0.05, 0.1) is 28.0 Å². The number of hydrogen-bond acceptors (Lipinski definition) is 3. The van der Waals surface area contributed by atoms with Crippen molar-refractivity contribution in [3.8, 4) is 0 Å². The lowest BCUT2D eigenvalue weighted by Crippen LogP contribution is -2.18. The highest BCUT2D eigenvalue weighted by Gasteiger charge is 2.19. The third kappa shape index (κ3) is 1.68. The van der Waals surface area contributed by atoms with Crippen LogP contribution in [0.5, 0.6) is 0 Å². The molecule has 6 heteroatoms. The molecule has 0 aliphatic heterocycles. The molecule has 0 unspecified atom stereocenters. The van der Waals surface area contributed by atoms with Crippen LogP contribution in [0.3, 0.4) is 0 Å². The van der Waals surface area contributed by atoms with Gasteiger partial charge in [-0.1, -0.05) is 0 Å². The van der Waals surface area contributed by atoms with Crippen molar-refractivity contribution in [3.05, 3.63) is 32.8 Å². The first-order valence-corrected chi connectivity index (χ1v) is 5.69. The third-order valence-electron chi connectivity index (χ3n) is 2.65. The summed E-state index contributed by atoms with van der Waals surface area (Å²) in [6.45, 7) is 0. The second-order valence-corrected chi connectivity index (χ2v) is 4.62. The fourth-order valence-corrected chi connectivity index (χ4v) is 2.65. The van der Waals surface area contributed by atoms with Gasteiger partial charge in [0.1, 0.15) is 0 Å². The molecule has 2 aromatic rings. The topological polar surface area (TPSA) is 53.2 Å². The Morgan fingerprint density at radius 3 is 2.53 bits per heavy atom. The van der Waals surface area contributed by atoms with Gasteiger partial charge in [0.25, 0.3) is 5.56 Å². The minimum absolute atomic E-state index is 0.218. The molecule has 0 N–H and O–H groups in total. The van der Waals surface area contributed by atoms with Crippen molar-refractivity contribution in [2.75, 3.05) is 7.11 Å². The molecule has 0 aliphatic rings. The minimum Gasteiger partial charge on any atom is -0.465 e. The van der Waals surface area contributed by atoms with Crippen LogP contribution in [0.4, 0.5) is 0 Å². The van der Waals surface area contributed by atoms with Gasteiger partial charge < -0.3 is 13.9 Å². The van der Waals surface area contributed by atoms with E-state index in [4.69, 9.17) is 0 Å². The number of carbonyl (C=O) groups is 1. The molecule has 0 radical (unpaired) electrons. The molecule has 0 saturated carbocycles. The number of fused-ring (bicyclic) bond motifs is 1. The third-order valence-corrected chi connectivity index (χ3v) is 3.23. The first-order chi connectivity index (χ1) is 7.97. The van der Waals surface area contributed by atoms with Crippen LogP contribution in [0, 0.1) is 0 Å². The van der Waals surface area contributed by atoms with Crippen molar-refractivity contribution in [2.45, 2.75) is 0 Å². The smallest absolute Gasteiger partial charge is 0.340 e. The summed E-state index contributed by atoms with van der Waals surface area (Å²) in [5.41, 5.74) is 0.754. The zero-order chi connectivity index (χ0) is 12.7. The standard InChI is InChI=1S/C11H11BrN2O3/c1-13-4-6(11(16)17-3)8-9(13)7(12)5-14(2)10(8)15/h4-5H,1-3H3. The first kappa shape index (κ1) is 11.9. The van der Waals surface area contributed by atoms with E-state index in [9.17, 15) is 9.59 Å². The van der Waals surface area contributed by atoms with E-state index in [1.165, 1.54) is 11.7 Å². The zero-order valence-corrected chi connectivity index (χ0v) is 11.2. The lowest BCUT2D eigenvalue weighted by atomic mass is 10.2. The van der Waals surface area contributed by atoms with Crippen LogP contribution in [0.2, 0.25) is 0 Å². The van der Waals surface area contributed by atoms with Crippen LogP contribution in [-0.2, 0) is 18.8 Å². The molecule has 0 bridgehead atoms. The lowest BCUT2D eigenvalue weighted by Gasteiger charge is -2.03. The van der Waals surface area contributed by atoms with E-state index >= 15 is 0 Å². The van der Waals surface area contributed by atoms with Gasteiger partial charge in [0, 0.05) is 26.5 Å². The molecule has 0 aromatic carbocycles. The van der Waals surface area contributed by atoms with E-state index in [-0.39, 0.29) is 11.1 Å². The maximum absolute atomic E-state index is 12.1. The molecular weight excluding hydrogens is 288 g/mol. The van der Waals surface area contributed by atoms with Gasteiger partial charge in [-0.15, -0.1) is 0 Å². The summed E-state index contributed by atoms with van der Waals surface area (Å²) in [6.07, 6.45) is 3.27. The van der Waals surface area contributed by atoms with Gasteiger partial charge in [-0.3, -0.25) is 4.79 Å². The second-order valence-electron chi connectivity index (χ2n) is 3.76. The minimum atomic E-state index is -0.509. The Bertz CT molecular complexity index is 669. The summed E-state index contributed by atoms with van der Waals surface area (Å²) < 4.78 is 8.59. The molecule has 0 spiro atoms. The van der Waals surface area contributed by atoms with Crippen molar-refractivity contribution in [1.82, 2.24) is 9.13 Å². The molecule has 2 rings (SSSR count). The molecule has 90 valence electrons. The summed E-state index contributed by atoms with van der Waals surface area (Å²) in [4.78, 5) is 23.7. The summed E-state index contributed by atoms with van der Waals surface area (Å²) in [6, 6.07) is 0. The average molecular weight is 299 g/mol. The van der Waals surface area contributed by atoms with E-state index in [2.05, 4.69) is 20.7 Å². The average Bonchev–Trinajstić information content (AvgIpc) is 2.63. The highest BCUT2D eigenvalue weighted by molar-refractivity contribution is 9.10. The van der Waals surface area contributed by atoms with Gasteiger partial charge in [-0.2, -0.15) is 0 Å². The van der Waals surface area contributed by atoms with Crippen molar-refractivity contribution < 1.29 is 9.53 Å². The van der Waals surface area contributed by atoms with E-state index in [0.29, 0.717) is 10.9 Å². The number of methoxy groups -OCH3 is 1. The molecule has 0 amide bonds. The number of aryl methyl sites for hydroxylation is 2. The maximum atomic E-state index is 12.1. The zero-order valence-electron chi connectivity index (χ0n) is 9.65. The van der Waals surface area contributed by atoms with Gasteiger partial charge in [0.2, 0.25) is 0 Å². The Balaban J connectivity index is 2.99. The number of aromatic nitrogens is 2. The van der Waals surface area contributed by atoms with E-state index in [1.54, 1.807) is 31.1 Å². The number of nitrogens with zero attached hydrogens (tertiary/aromatic N) is 2. The van der Waals surface area contributed by atoms with Crippen LogP contribution in [0.1, 0.15) is 10.4 Å². The van der Waals surface area contributed by atoms with Gasteiger partial charge >= 0.3 is 5.97 Å². The maximum Gasteiger partial charge on any atom is 0.340 e. The molecule has 2 aromatic heterocycles. The van der Waals surface area contributed by atoms with Crippen molar-refractivity contribution in [3.63, 3.8) is 0 Å². The van der Waals surface area contributed by atoms with Crippen LogP contribution in [0.15, 0.2) is 21.7 Å². The Labute approximate surface area is 106 Å². The highest BCUT2D eigenvalue weighted by atomic mass is 79.9. The number of pyridine rings is 1. The fourth-order valence-electron chi connectivity index (χ4n) is 1.86. The Kier molecular flexibility index (Phi) is 2.82. The van der Waals surface area contributed by atoms with E-state index < -0.39 is 5.97 Å². The Morgan fingerprint density at radius 1 is 1.29 bits per heavy atom. The molecule has 5 nitrogen and oxygen atoms in total. The number of rotatable bonds is 1. The Hall–Kier alpha value is -1.56. The molecule has 2 heterocycles. The quantitative estimate of drug-likeness (QED) is 0.749. The number of hydrogen-bond donors (Lipinski definition) is 0. The van der Waals surface area contributed by atoms with E-state index in [0.717, 1.165) is 4.47 Å². The van der Waals surface area contributed by atoms with Gasteiger partial charge in [0.15, 0.2) is 0 Å². The molecular formula is C11H11BrN2O3. The molecule has 0 fully saturated rings. The molecule has 0 saturated heterocycles. The monoisotopic (exact) mass is 298 g/mol. The summed E-state index contributed by atoms with van der Waals surface area (Å²) in [5.74, 6) is -0.509. The van der Waals surface area contributed by atoms with Crippen LogP contribution >= 0.6 is 15.9 Å². The van der Waals surface area contributed by atoms with Crippen LogP contribution in [-0.4, -0.2) is 22.2 Å². The van der Waals surface area contributed by atoms with Crippen molar-refractivity contribution in [1.29, 1.82) is 0 Å². The van der Waals surface area contributed by atoms with Crippen molar-refractivity contribution in [2.24, 2.45) is 14.1 Å². The first-order valence-electron chi connectivity index (χ1n) is 4.89. The van der Waals surface area contributed by atoms with Crippen LogP contribution < -0.4 is 5.56 Å².